The Hall–Kier alpha value is -0.120. The van der Waals surface area contributed by atoms with Crippen molar-refractivity contribution in [3.63, 3.8) is 0 Å². The van der Waals surface area contributed by atoms with E-state index >= 15 is 0 Å². The van der Waals surface area contributed by atoms with Crippen LogP contribution in [0, 0.1) is 11.8 Å². The second-order valence-corrected chi connectivity index (χ2v) is 6.13. The van der Waals surface area contributed by atoms with Crippen molar-refractivity contribution in [2.75, 3.05) is 32.8 Å². The molecule has 0 aliphatic carbocycles. The molecule has 2 heterocycles. The third-order valence-corrected chi connectivity index (χ3v) is 4.27. The van der Waals surface area contributed by atoms with E-state index in [0.29, 0.717) is 12.1 Å². The van der Waals surface area contributed by atoms with E-state index in [9.17, 15) is 0 Å². The first-order valence-corrected chi connectivity index (χ1v) is 7.22. The summed E-state index contributed by atoms with van der Waals surface area (Å²) in [6.45, 7) is 12.6. The van der Waals surface area contributed by atoms with Gasteiger partial charge in [-0.25, -0.2) is 0 Å². The Morgan fingerprint density at radius 1 is 1.41 bits per heavy atom. The molecule has 3 heteroatoms. The molecule has 2 fully saturated rings. The Balaban J connectivity index is 1.81. The van der Waals surface area contributed by atoms with Gasteiger partial charge in [0.05, 0.1) is 0 Å². The van der Waals surface area contributed by atoms with E-state index in [1.807, 2.05) is 0 Å². The lowest BCUT2D eigenvalue weighted by Gasteiger charge is -2.41. The van der Waals surface area contributed by atoms with Gasteiger partial charge < -0.3 is 10.1 Å². The second kappa shape index (κ2) is 6.17. The molecule has 0 bridgehead atoms. The molecule has 0 radical (unpaired) electrons. The number of rotatable bonds is 4. The van der Waals surface area contributed by atoms with Crippen LogP contribution in [0.2, 0.25) is 0 Å². The normalized spacial score (nSPS) is 35.6. The molecule has 3 unspecified atom stereocenters. The van der Waals surface area contributed by atoms with Gasteiger partial charge in [0.25, 0.3) is 0 Å². The maximum atomic E-state index is 5.46. The highest BCUT2D eigenvalue weighted by atomic mass is 16.5. The maximum absolute atomic E-state index is 5.46. The number of nitrogens with one attached hydrogen (secondary N) is 1. The van der Waals surface area contributed by atoms with Crippen molar-refractivity contribution < 1.29 is 4.74 Å². The number of ether oxygens (including phenoxy) is 1. The third-order valence-electron chi connectivity index (χ3n) is 4.27. The van der Waals surface area contributed by atoms with Crippen LogP contribution in [0.15, 0.2) is 0 Å². The highest BCUT2D eigenvalue weighted by Crippen LogP contribution is 2.20. The van der Waals surface area contributed by atoms with Crippen LogP contribution >= 0.6 is 0 Å². The summed E-state index contributed by atoms with van der Waals surface area (Å²) >= 11 is 0. The van der Waals surface area contributed by atoms with Crippen molar-refractivity contribution in [2.24, 2.45) is 11.8 Å². The molecule has 0 aromatic heterocycles. The fourth-order valence-electron chi connectivity index (χ4n) is 3.08. The molecular weight excluding hydrogens is 212 g/mol. The first-order valence-electron chi connectivity index (χ1n) is 7.22. The largest absolute Gasteiger partial charge is 0.381 e. The molecule has 2 rings (SSSR count). The van der Waals surface area contributed by atoms with Crippen LogP contribution in [-0.4, -0.2) is 49.8 Å². The molecule has 1 N–H and O–H groups in total. The van der Waals surface area contributed by atoms with E-state index in [1.165, 1.54) is 25.9 Å². The van der Waals surface area contributed by atoms with E-state index in [1.54, 1.807) is 0 Å². The molecule has 2 saturated heterocycles. The third kappa shape index (κ3) is 3.67. The molecule has 17 heavy (non-hydrogen) atoms. The maximum Gasteiger partial charge on any atom is 0.0495 e. The lowest BCUT2D eigenvalue weighted by molar-refractivity contribution is 0.0941. The van der Waals surface area contributed by atoms with E-state index in [2.05, 4.69) is 31.0 Å². The highest BCUT2D eigenvalue weighted by molar-refractivity contribution is 4.86. The summed E-state index contributed by atoms with van der Waals surface area (Å²) in [6, 6.07) is 1.36. The molecule has 3 nitrogen and oxygen atoms in total. The van der Waals surface area contributed by atoms with Crippen molar-refractivity contribution in [1.29, 1.82) is 0 Å². The van der Waals surface area contributed by atoms with Crippen molar-refractivity contribution >= 4 is 0 Å². The van der Waals surface area contributed by atoms with Crippen molar-refractivity contribution in [2.45, 2.75) is 45.7 Å². The Bertz CT molecular complexity index is 226. The minimum atomic E-state index is 0.643. The van der Waals surface area contributed by atoms with Crippen molar-refractivity contribution in [1.82, 2.24) is 10.2 Å². The zero-order valence-corrected chi connectivity index (χ0v) is 11.6. The standard InChI is InChI=1S/C14H28N2O/c1-11(2)14-8-15-12(3)9-16(14)6-4-13-5-7-17-10-13/h11-15H,4-10H2,1-3H3. The van der Waals surface area contributed by atoms with Gasteiger partial charge in [-0.2, -0.15) is 0 Å². The van der Waals surface area contributed by atoms with Crippen LogP contribution in [0.5, 0.6) is 0 Å². The van der Waals surface area contributed by atoms with Gasteiger partial charge in [-0.15, -0.1) is 0 Å². The fourth-order valence-corrected chi connectivity index (χ4v) is 3.08. The summed E-state index contributed by atoms with van der Waals surface area (Å²) in [6.07, 6.45) is 2.59. The first-order chi connectivity index (χ1) is 8.16. The lowest BCUT2D eigenvalue weighted by Crippen LogP contribution is -2.57. The summed E-state index contributed by atoms with van der Waals surface area (Å²) in [5.41, 5.74) is 0. The number of hydrogen-bond donors (Lipinski definition) is 1. The lowest BCUT2D eigenvalue weighted by atomic mass is 9.97. The SMILES string of the molecule is CC1CN(CCC2CCOC2)C(C(C)C)CN1. The highest BCUT2D eigenvalue weighted by Gasteiger charge is 2.28. The Morgan fingerprint density at radius 2 is 2.24 bits per heavy atom. The van der Waals surface area contributed by atoms with Gasteiger partial charge in [-0.05, 0) is 38.1 Å². The smallest absolute Gasteiger partial charge is 0.0495 e. The molecular formula is C14H28N2O. The summed E-state index contributed by atoms with van der Waals surface area (Å²) in [7, 11) is 0. The van der Waals surface area contributed by atoms with Crippen LogP contribution < -0.4 is 5.32 Å². The molecule has 0 aromatic carbocycles. The molecule has 0 spiro atoms. The predicted molar refractivity (Wildman–Crippen MR) is 71.2 cm³/mol. The first kappa shape index (κ1) is 13.3. The van der Waals surface area contributed by atoms with Crippen LogP contribution in [0.25, 0.3) is 0 Å². The van der Waals surface area contributed by atoms with Gasteiger partial charge >= 0.3 is 0 Å². The predicted octanol–water partition coefficient (Wildman–Crippen LogP) is 1.73. The van der Waals surface area contributed by atoms with Gasteiger partial charge in [-0.1, -0.05) is 13.8 Å². The number of nitrogens with zero attached hydrogens (tertiary/aromatic N) is 1. The summed E-state index contributed by atoms with van der Waals surface area (Å²) < 4.78 is 5.46. The molecule has 3 atom stereocenters. The molecule has 0 aromatic rings. The van der Waals surface area contributed by atoms with E-state index < -0.39 is 0 Å². The minimum absolute atomic E-state index is 0.643. The molecule has 0 saturated carbocycles. The zero-order chi connectivity index (χ0) is 12.3. The van der Waals surface area contributed by atoms with Crippen LogP contribution in [0.3, 0.4) is 0 Å². The fraction of sp³-hybridized carbons (Fsp3) is 1.00. The summed E-state index contributed by atoms with van der Waals surface area (Å²) in [5, 5.41) is 3.60. The number of hydrogen-bond acceptors (Lipinski definition) is 3. The summed E-state index contributed by atoms with van der Waals surface area (Å²) in [5.74, 6) is 1.56. The van der Waals surface area contributed by atoms with Crippen LogP contribution in [-0.2, 0) is 4.74 Å². The monoisotopic (exact) mass is 240 g/mol. The van der Waals surface area contributed by atoms with Crippen molar-refractivity contribution in [3.05, 3.63) is 0 Å². The van der Waals surface area contributed by atoms with Crippen LogP contribution in [0.1, 0.15) is 33.6 Å². The average molecular weight is 240 g/mol. The van der Waals surface area contributed by atoms with Gasteiger partial charge in [0.2, 0.25) is 0 Å². The Labute approximate surface area is 106 Å². The van der Waals surface area contributed by atoms with Gasteiger partial charge in [0, 0.05) is 38.4 Å². The van der Waals surface area contributed by atoms with Gasteiger partial charge in [0.15, 0.2) is 0 Å². The number of piperazine rings is 1. The Kier molecular flexibility index (Phi) is 4.83. The topological polar surface area (TPSA) is 24.5 Å². The van der Waals surface area contributed by atoms with E-state index in [0.717, 1.165) is 31.6 Å². The van der Waals surface area contributed by atoms with Crippen molar-refractivity contribution in [3.8, 4) is 0 Å². The average Bonchev–Trinajstić information content (AvgIpc) is 2.78. The second-order valence-electron chi connectivity index (χ2n) is 6.13. The molecule has 2 aliphatic heterocycles. The van der Waals surface area contributed by atoms with Gasteiger partial charge in [-0.3, -0.25) is 4.90 Å². The zero-order valence-electron chi connectivity index (χ0n) is 11.6. The molecule has 2 aliphatic rings. The summed E-state index contributed by atoms with van der Waals surface area (Å²) in [4.78, 5) is 2.70. The van der Waals surface area contributed by atoms with E-state index in [4.69, 9.17) is 4.74 Å². The molecule has 0 amide bonds. The quantitative estimate of drug-likeness (QED) is 0.810. The van der Waals surface area contributed by atoms with Crippen LogP contribution in [0.4, 0.5) is 0 Å². The minimum Gasteiger partial charge on any atom is -0.381 e. The van der Waals surface area contributed by atoms with E-state index in [-0.39, 0.29) is 0 Å². The molecule has 100 valence electrons. The Morgan fingerprint density at radius 3 is 2.88 bits per heavy atom. The van der Waals surface area contributed by atoms with Gasteiger partial charge in [0.1, 0.15) is 0 Å².